The maximum absolute atomic E-state index is 13.6. The summed E-state index contributed by atoms with van der Waals surface area (Å²) in [5, 5.41) is 0.00622. The molecule has 1 heterocycles. The number of nitrogens with zero attached hydrogens (tertiary/aromatic N) is 2. The third-order valence-electron chi connectivity index (χ3n) is 3.73. The van der Waals surface area contributed by atoms with Crippen molar-refractivity contribution < 1.29 is 13.2 Å². The van der Waals surface area contributed by atoms with E-state index in [9.17, 15) is 18.0 Å². The molecule has 0 radical (unpaired) electrons. The van der Waals surface area contributed by atoms with E-state index >= 15 is 0 Å². The first-order chi connectivity index (χ1) is 11.4. The summed E-state index contributed by atoms with van der Waals surface area (Å²) in [7, 11) is 0. The molecule has 0 aliphatic carbocycles. The molecule has 3 rings (SSSR count). The van der Waals surface area contributed by atoms with E-state index in [1.165, 1.54) is 12.1 Å². The van der Waals surface area contributed by atoms with E-state index in [1.807, 2.05) is 0 Å². The number of benzene rings is 2. The fraction of sp³-hybridized carbons (Fsp3) is 0.176. The number of hydrogen-bond acceptors (Lipinski definition) is 3. The van der Waals surface area contributed by atoms with Crippen molar-refractivity contribution in [3.8, 4) is 5.69 Å². The second kappa shape index (κ2) is 6.09. The first-order valence-electron chi connectivity index (χ1n) is 7.35. The molecule has 0 saturated carbocycles. The van der Waals surface area contributed by atoms with Crippen LogP contribution >= 0.6 is 0 Å². The van der Waals surface area contributed by atoms with Crippen LogP contribution in [-0.4, -0.2) is 9.55 Å². The van der Waals surface area contributed by atoms with Crippen molar-refractivity contribution in [1.82, 2.24) is 9.55 Å². The quantitative estimate of drug-likeness (QED) is 0.800. The van der Waals surface area contributed by atoms with Crippen LogP contribution in [0.15, 0.2) is 41.2 Å². The van der Waals surface area contributed by atoms with E-state index in [1.54, 1.807) is 6.92 Å². The van der Waals surface area contributed by atoms with Crippen molar-refractivity contribution in [2.75, 3.05) is 0 Å². The molecule has 24 heavy (non-hydrogen) atoms. The van der Waals surface area contributed by atoms with Gasteiger partial charge in [-0.15, -0.1) is 0 Å². The molecule has 1 atom stereocenters. The van der Waals surface area contributed by atoms with Gasteiger partial charge in [0.2, 0.25) is 0 Å². The zero-order valence-corrected chi connectivity index (χ0v) is 12.8. The van der Waals surface area contributed by atoms with E-state index in [0.717, 1.165) is 22.8 Å². The fourth-order valence-electron chi connectivity index (χ4n) is 2.52. The molecular formula is C17H14F3N3O. The zero-order valence-electron chi connectivity index (χ0n) is 12.8. The topological polar surface area (TPSA) is 60.9 Å². The molecule has 1 unspecified atom stereocenters. The average Bonchev–Trinajstić information content (AvgIpc) is 2.53. The average molecular weight is 333 g/mol. The maximum atomic E-state index is 13.6. The van der Waals surface area contributed by atoms with Gasteiger partial charge < -0.3 is 5.73 Å². The van der Waals surface area contributed by atoms with Crippen molar-refractivity contribution in [1.29, 1.82) is 0 Å². The number of rotatable bonds is 3. The summed E-state index contributed by atoms with van der Waals surface area (Å²) in [6, 6.07) is 5.67. The minimum absolute atomic E-state index is 0.00622. The fourth-order valence-corrected chi connectivity index (χ4v) is 2.52. The molecule has 124 valence electrons. The number of nitrogens with two attached hydrogens (primary N) is 1. The van der Waals surface area contributed by atoms with Gasteiger partial charge in [-0.1, -0.05) is 6.92 Å². The van der Waals surface area contributed by atoms with Crippen molar-refractivity contribution in [2.45, 2.75) is 19.4 Å². The van der Waals surface area contributed by atoms with Crippen LogP contribution in [0, 0.1) is 17.5 Å². The Morgan fingerprint density at radius 2 is 1.75 bits per heavy atom. The van der Waals surface area contributed by atoms with Crippen LogP contribution in [0.1, 0.15) is 25.2 Å². The normalized spacial score (nSPS) is 12.5. The number of halogens is 3. The molecular weight excluding hydrogens is 319 g/mol. The largest absolute Gasteiger partial charge is 0.321 e. The number of fused-ring (bicyclic) bond motifs is 1. The van der Waals surface area contributed by atoms with E-state index in [-0.39, 0.29) is 22.4 Å². The van der Waals surface area contributed by atoms with E-state index < -0.39 is 29.1 Å². The number of aromatic nitrogens is 2. The monoisotopic (exact) mass is 333 g/mol. The van der Waals surface area contributed by atoms with Gasteiger partial charge in [-0.3, -0.25) is 9.36 Å². The van der Waals surface area contributed by atoms with Gasteiger partial charge in [0.1, 0.15) is 23.3 Å². The SMILES string of the molecule is CCC(N)c1nc2ccc(F)cc2c(=O)n1-c1cc(F)cc(F)c1. The molecule has 0 fully saturated rings. The van der Waals surface area contributed by atoms with E-state index in [2.05, 4.69) is 4.98 Å². The highest BCUT2D eigenvalue weighted by Gasteiger charge is 2.18. The molecule has 7 heteroatoms. The third-order valence-corrected chi connectivity index (χ3v) is 3.73. The van der Waals surface area contributed by atoms with Crippen LogP contribution in [0.25, 0.3) is 16.6 Å². The molecule has 0 aliphatic rings. The van der Waals surface area contributed by atoms with Gasteiger partial charge in [0.05, 0.1) is 22.6 Å². The third kappa shape index (κ3) is 2.78. The maximum Gasteiger partial charge on any atom is 0.266 e. The highest BCUT2D eigenvalue weighted by atomic mass is 19.1. The molecule has 0 bridgehead atoms. The molecule has 2 N–H and O–H groups in total. The van der Waals surface area contributed by atoms with Crippen LogP contribution in [0.4, 0.5) is 13.2 Å². The second-order valence-corrected chi connectivity index (χ2v) is 5.41. The molecule has 0 saturated heterocycles. The predicted molar refractivity (Wildman–Crippen MR) is 84.4 cm³/mol. The standard InChI is InChI=1S/C17H14F3N3O/c1-2-14(21)16-22-15-4-3-9(18)8-13(15)17(24)23(16)12-6-10(19)5-11(20)7-12/h3-8,14H,2,21H2,1H3. The lowest BCUT2D eigenvalue weighted by Crippen LogP contribution is -2.28. The Morgan fingerprint density at radius 3 is 2.38 bits per heavy atom. The van der Waals surface area contributed by atoms with Gasteiger partial charge in [-0.2, -0.15) is 0 Å². The highest BCUT2D eigenvalue weighted by Crippen LogP contribution is 2.20. The first-order valence-corrected chi connectivity index (χ1v) is 7.35. The molecule has 0 spiro atoms. The van der Waals surface area contributed by atoms with Crippen LogP contribution in [0.5, 0.6) is 0 Å². The van der Waals surface area contributed by atoms with Crippen molar-refractivity contribution in [2.24, 2.45) is 5.73 Å². The van der Waals surface area contributed by atoms with Crippen LogP contribution < -0.4 is 11.3 Å². The van der Waals surface area contributed by atoms with Crippen molar-refractivity contribution >= 4 is 10.9 Å². The lowest BCUT2D eigenvalue weighted by molar-refractivity contribution is 0.576. The van der Waals surface area contributed by atoms with Gasteiger partial charge >= 0.3 is 0 Å². The molecule has 2 aromatic carbocycles. The smallest absolute Gasteiger partial charge is 0.266 e. The second-order valence-electron chi connectivity index (χ2n) is 5.41. The van der Waals surface area contributed by atoms with Gasteiger partial charge in [0.25, 0.3) is 5.56 Å². The van der Waals surface area contributed by atoms with Crippen molar-refractivity contribution in [3.63, 3.8) is 0 Å². The molecule has 1 aromatic heterocycles. The summed E-state index contributed by atoms with van der Waals surface area (Å²) < 4.78 is 41.7. The Labute approximate surface area is 135 Å². The minimum atomic E-state index is -0.841. The summed E-state index contributed by atoms with van der Waals surface area (Å²) >= 11 is 0. The van der Waals surface area contributed by atoms with Crippen molar-refractivity contribution in [3.05, 3.63) is 70.0 Å². The first kappa shape index (κ1) is 16.2. The molecule has 0 amide bonds. The lowest BCUT2D eigenvalue weighted by atomic mass is 10.1. The Balaban J connectivity index is 2.43. The summed E-state index contributed by atoms with van der Waals surface area (Å²) in [6.45, 7) is 1.79. The summed E-state index contributed by atoms with van der Waals surface area (Å²) in [5.74, 6) is -2.13. The van der Waals surface area contributed by atoms with Gasteiger partial charge in [0.15, 0.2) is 0 Å². The van der Waals surface area contributed by atoms with E-state index in [4.69, 9.17) is 5.73 Å². The lowest BCUT2D eigenvalue weighted by Gasteiger charge is -2.17. The van der Waals surface area contributed by atoms with E-state index in [0.29, 0.717) is 12.5 Å². The highest BCUT2D eigenvalue weighted by molar-refractivity contribution is 5.78. The van der Waals surface area contributed by atoms with Crippen LogP contribution in [0.3, 0.4) is 0 Å². The van der Waals surface area contributed by atoms with Crippen LogP contribution in [-0.2, 0) is 0 Å². The summed E-state index contributed by atoms with van der Waals surface area (Å²) in [6.07, 6.45) is 0.455. The molecule has 4 nitrogen and oxygen atoms in total. The van der Waals surface area contributed by atoms with Gasteiger partial charge in [-0.05, 0) is 36.8 Å². The Hall–Kier alpha value is -2.67. The van der Waals surface area contributed by atoms with Gasteiger partial charge in [-0.25, -0.2) is 18.2 Å². The molecule has 0 aliphatic heterocycles. The summed E-state index contributed by atoms with van der Waals surface area (Å²) in [5.41, 5.74) is 5.60. The Morgan fingerprint density at radius 1 is 1.08 bits per heavy atom. The Kier molecular flexibility index (Phi) is 4.11. The summed E-state index contributed by atoms with van der Waals surface area (Å²) in [4.78, 5) is 17.1. The Bertz CT molecular complexity index is 964. The predicted octanol–water partition coefficient (Wildman–Crippen LogP) is 3.21. The molecule has 3 aromatic rings. The van der Waals surface area contributed by atoms with Crippen LogP contribution in [0.2, 0.25) is 0 Å². The number of hydrogen-bond donors (Lipinski definition) is 1. The zero-order chi connectivity index (χ0) is 17.4. The minimum Gasteiger partial charge on any atom is -0.321 e. The van der Waals surface area contributed by atoms with Gasteiger partial charge in [0, 0.05) is 6.07 Å².